The first-order valence-electron chi connectivity index (χ1n) is 9.24. The van der Waals surface area contributed by atoms with E-state index in [-0.39, 0.29) is 13.2 Å². The van der Waals surface area contributed by atoms with Crippen molar-refractivity contribution in [2.45, 2.75) is 87.9 Å². The number of aliphatic hydroxyl groups excluding tert-OH is 1. The van der Waals surface area contributed by atoms with E-state index in [2.05, 4.69) is 44.8 Å². The largest absolute Gasteiger partial charge is 0.463 e. The summed E-state index contributed by atoms with van der Waals surface area (Å²) in [6.07, 6.45) is 13.1. The number of hydrogen-bond donors (Lipinski definition) is 4. The second kappa shape index (κ2) is 13.7. The quantitative estimate of drug-likeness (QED) is 0.132. The zero-order valence-electron chi connectivity index (χ0n) is 15.3. The summed E-state index contributed by atoms with van der Waals surface area (Å²) in [7, 11) is 0. The minimum atomic E-state index is -1.06. The smallest absolute Gasteiger partial charge is 0.315 e. The van der Waals surface area contributed by atoms with Crippen LogP contribution in [-0.2, 0) is 9.53 Å². The maximum atomic E-state index is 12.3. The van der Waals surface area contributed by atoms with Crippen LogP contribution in [0.2, 0.25) is 0 Å². The van der Waals surface area contributed by atoms with Gasteiger partial charge in [0.2, 0.25) is 0 Å². The van der Waals surface area contributed by atoms with Crippen LogP contribution in [-0.4, -0.2) is 27.7 Å². The van der Waals surface area contributed by atoms with Gasteiger partial charge in [0.05, 0.1) is 12.0 Å². The third kappa shape index (κ3) is 9.83. The third-order valence-electron chi connectivity index (χ3n) is 4.55. The fraction of sp³-hybridized carbons (Fsp3) is 0.944. The molecule has 144 valence electrons. The first kappa shape index (κ1) is 24.5. The van der Waals surface area contributed by atoms with Gasteiger partial charge in [0, 0.05) is 0 Å². The summed E-state index contributed by atoms with van der Waals surface area (Å²) in [5.41, 5.74) is -0.891. The van der Waals surface area contributed by atoms with Crippen molar-refractivity contribution in [3.8, 4) is 0 Å². The molecule has 0 saturated heterocycles. The molecule has 0 amide bonds. The zero-order chi connectivity index (χ0) is 18.5. The molecule has 1 atom stereocenters. The highest BCUT2D eigenvalue weighted by Crippen LogP contribution is 2.47. The molecule has 1 N–H and O–H groups in total. The minimum absolute atomic E-state index is 0.00212. The van der Waals surface area contributed by atoms with E-state index in [0.717, 1.165) is 12.8 Å². The normalized spacial score (nSPS) is 14.4. The number of rotatable bonds is 15. The molecule has 0 radical (unpaired) electrons. The molecule has 6 heteroatoms. The van der Waals surface area contributed by atoms with Crippen molar-refractivity contribution in [3.05, 3.63) is 0 Å². The fourth-order valence-electron chi connectivity index (χ4n) is 2.67. The van der Waals surface area contributed by atoms with Crippen molar-refractivity contribution in [3.63, 3.8) is 0 Å². The molecular formula is C18H36O3S3. The van der Waals surface area contributed by atoms with Crippen LogP contribution in [0.5, 0.6) is 0 Å². The van der Waals surface area contributed by atoms with Gasteiger partial charge >= 0.3 is 5.97 Å². The number of unbranched alkanes of at least 4 members (excludes halogenated alkanes) is 9. The maximum absolute atomic E-state index is 12.3. The molecule has 0 aliphatic carbocycles. The molecule has 0 aliphatic rings. The Morgan fingerprint density at radius 1 is 0.917 bits per heavy atom. The van der Waals surface area contributed by atoms with E-state index in [9.17, 15) is 4.79 Å². The van der Waals surface area contributed by atoms with E-state index >= 15 is 0 Å². The van der Waals surface area contributed by atoms with Crippen LogP contribution in [0, 0.1) is 5.41 Å². The van der Waals surface area contributed by atoms with Crippen LogP contribution in [0.1, 0.15) is 84.5 Å². The first-order chi connectivity index (χ1) is 11.3. The molecular weight excluding hydrogens is 360 g/mol. The Kier molecular flexibility index (Phi) is 13.9. The summed E-state index contributed by atoms with van der Waals surface area (Å²) in [6.45, 7) is 3.84. The lowest BCUT2D eigenvalue weighted by Crippen LogP contribution is -2.42. The van der Waals surface area contributed by atoms with Crippen molar-refractivity contribution in [2.75, 3.05) is 13.2 Å². The Hall–Kier alpha value is 0.480. The lowest BCUT2D eigenvalue weighted by atomic mass is 9.85. The number of carbonyl (C=O) groups excluding carboxylic acids is 1. The minimum Gasteiger partial charge on any atom is -0.463 e. The van der Waals surface area contributed by atoms with Gasteiger partial charge in [-0.1, -0.05) is 71.1 Å². The molecule has 0 aromatic carbocycles. The van der Waals surface area contributed by atoms with Gasteiger partial charge in [-0.15, -0.1) is 0 Å². The molecule has 0 saturated carbocycles. The summed E-state index contributed by atoms with van der Waals surface area (Å²) < 4.78 is 4.03. The Morgan fingerprint density at radius 2 is 1.38 bits per heavy atom. The van der Waals surface area contributed by atoms with Crippen LogP contribution in [0.3, 0.4) is 0 Å². The highest BCUT2D eigenvalue weighted by Gasteiger charge is 2.47. The molecule has 3 nitrogen and oxygen atoms in total. The summed E-state index contributed by atoms with van der Waals surface area (Å²) in [4.78, 5) is 12.3. The van der Waals surface area contributed by atoms with Gasteiger partial charge in [0.1, 0.15) is 10.0 Å². The Labute approximate surface area is 164 Å². The van der Waals surface area contributed by atoms with Crippen molar-refractivity contribution >= 4 is 43.9 Å². The van der Waals surface area contributed by atoms with Crippen LogP contribution < -0.4 is 0 Å². The fourth-order valence-corrected chi connectivity index (χ4v) is 3.28. The summed E-state index contributed by atoms with van der Waals surface area (Å²) in [6, 6.07) is 0. The standard InChI is InChI=1S/C18H36O3S3/c1-3-4-5-6-7-8-9-10-11-12-13-17(2,18(22,23)24)16(20)21-15-14-19/h19,22-24H,3-15H2,1-2H3. The van der Waals surface area contributed by atoms with Crippen molar-refractivity contribution < 1.29 is 14.6 Å². The van der Waals surface area contributed by atoms with E-state index in [0.29, 0.717) is 6.42 Å². The van der Waals surface area contributed by atoms with Gasteiger partial charge < -0.3 is 9.84 Å². The van der Waals surface area contributed by atoms with E-state index in [1.807, 2.05) is 0 Å². The zero-order valence-corrected chi connectivity index (χ0v) is 18.0. The molecule has 1 unspecified atom stereocenters. The Balaban J connectivity index is 4.02. The molecule has 0 aliphatic heterocycles. The van der Waals surface area contributed by atoms with Crippen LogP contribution in [0.4, 0.5) is 0 Å². The molecule has 0 rings (SSSR count). The summed E-state index contributed by atoms with van der Waals surface area (Å²) in [5, 5.41) is 8.81. The molecule has 0 aromatic rings. The second-order valence-corrected chi connectivity index (χ2v) is 9.83. The van der Waals surface area contributed by atoms with Gasteiger partial charge in [0.25, 0.3) is 0 Å². The number of aliphatic hydroxyl groups is 1. The molecule has 0 spiro atoms. The monoisotopic (exact) mass is 396 g/mol. The average molecular weight is 397 g/mol. The summed E-state index contributed by atoms with van der Waals surface area (Å²) >= 11 is 13.1. The predicted octanol–water partition coefficient (Wildman–Crippen LogP) is 5.28. The van der Waals surface area contributed by atoms with Crippen LogP contribution in [0.25, 0.3) is 0 Å². The lowest BCUT2D eigenvalue weighted by Gasteiger charge is -2.37. The van der Waals surface area contributed by atoms with E-state index in [4.69, 9.17) is 9.84 Å². The second-order valence-electron chi connectivity index (χ2n) is 6.76. The number of carbonyl (C=O) groups is 1. The molecule has 0 heterocycles. The van der Waals surface area contributed by atoms with E-state index in [1.165, 1.54) is 51.4 Å². The number of ether oxygens (including phenoxy) is 1. The van der Waals surface area contributed by atoms with Gasteiger partial charge in [-0.3, -0.25) is 4.79 Å². The number of hydrogen-bond acceptors (Lipinski definition) is 6. The van der Waals surface area contributed by atoms with Gasteiger partial charge in [-0.2, -0.15) is 37.9 Å². The van der Waals surface area contributed by atoms with E-state index in [1.54, 1.807) is 6.92 Å². The molecule has 0 aromatic heterocycles. The van der Waals surface area contributed by atoms with Crippen LogP contribution >= 0.6 is 37.9 Å². The third-order valence-corrected chi connectivity index (χ3v) is 6.03. The average Bonchev–Trinajstić information content (AvgIpc) is 2.52. The molecule has 0 bridgehead atoms. The van der Waals surface area contributed by atoms with Gasteiger partial charge in [0.15, 0.2) is 0 Å². The van der Waals surface area contributed by atoms with Crippen molar-refractivity contribution in [1.29, 1.82) is 0 Å². The highest BCUT2D eigenvalue weighted by atomic mass is 32.2. The van der Waals surface area contributed by atoms with Crippen molar-refractivity contribution in [1.82, 2.24) is 0 Å². The van der Waals surface area contributed by atoms with Crippen molar-refractivity contribution in [2.24, 2.45) is 5.41 Å². The number of thiol groups is 3. The summed E-state index contributed by atoms with van der Waals surface area (Å²) in [5.74, 6) is -0.396. The van der Waals surface area contributed by atoms with E-state index < -0.39 is 14.8 Å². The predicted molar refractivity (Wildman–Crippen MR) is 112 cm³/mol. The SMILES string of the molecule is CCCCCCCCCCCCC(C)(C(=O)OCCO)C(S)(S)S. The molecule has 0 fully saturated rings. The Morgan fingerprint density at radius 3 is 1.79 bits per heavy atom. The van der Waals surface area contributed by atoms with Gasteiger partial charge in [-0.25, -0.2) is 0 Å². The van der Waals surface area contributed by atoms with Gasteiger partial charge in [-0.05, 0) is 13.3 Å². The van der Waals surface area contributed by atoms with Crippen LogP contribution in [0.15, 0.2) is 0 Å². The Bertz CT molecular complexity index is 332. The maximum Gasteiger partial charge on any atom is 0.315 e. The number of esters is 1. The first-order valence-corrected chi connectivity index (χ1v) is 10.6. The highest BCUT2D eigenvalue weighted by molar-refractivity contribution is 8.17. The molecule has 24 heavy (non-hydrogen) atoms. The topological polar surface area (TPSA) is 46.5 Å². The lowest BCUT2D eigenvalue weighted by molar-refractivity contribution is -0.155.